The second-order valence-electron chi connectivity index (χ2n) is 9.19. The number of fused-ring (bicyclic) bond motifs is 7. The van der Waals surface area contributed by atoms with Gasteiger partial charge in [0.2, 0.25) is 0 Å². The van der Waals surface area contributed by atoms with Crippen molar-refractivity contribution in [1.29, 1.82) is 0 Å². The van der Waals surface area contributed by atoms with Crippen molar-refractivity contribution in [2.75, 3.05) is 0 Å². The van der Waals surface area contributed by atoms with Gasteiger partial charge in [-0.25, -0.2) is 0 Å². The third-order valence-corrected chi connectivity index (χ3v) is 7.16. The van der Waals surface area contributed by atoms with E-state index >= 15 is 0 Å². The van der Waals surface area contributed by atoms with Gasteiger partial charge in [0.25, 0.3) is 0 Å². The third-order valence-electron chi connectivity index (χ3n) is 7.16. The quantitative estimate of drug-likeness (QED) is 0.136. The largest absolute Gasteiger partial charge is 0.309 e. The van der Waals surface area contributed by atoms with E-state index in [1.54, 1.807) is 0 Å². The van der Waals surface area contributed by atoms with Gasteiger partial charge in [-0.3, -0.25) is 9.69 Å². The van der Waals surface area contributed by atoms with E-state index in [1.165, 1.54) is 5.39 Å². The predicted molar refractivity (Wildman–Crippen MR) is 153 cm³/mol. The van der Waals surface area contributed by atoms with Crippen LogP contribution in [0.1, 0.15) is 0 Å². The molecule has 0 aliphatic carbocycles. The van der Waals surface area contributed by atoms with Gasteiger partial charge in [0.05, 0.1) is 24.4 Å². The summed E-state index contributed by atoms with van der Waals surface area (Å²) in [6.45, 7) is 15.5. The van der Waals surface area contributed by atoms with E-state index < -0.39 is 0 Å². The molecule has 0 fully saturated rings. The Hall–Kier alpha value is -5.38. The minimum atomic E-state index is 0.373. The molecule has 0 unspecified atom stereocenters. The van der Waals surface area contributed by atoms with Crippen LogP contribution in [0.3, 0.4) is 0 Å². The first kappa shape index (κ1) is 20.9. The van der Waals surface area contributed by atoms with Crippen LogP contribution in [-0.2, 0) is 0 Å². The number of aromatic nitrogens is 1. The monoisotopic (exact) mass is 469 g/mol. The molecule has 5 aromatic carbocycles. The van der Waals surface area contributed by atoms with Gasteiger partial charge in [-0.2, -0.15) is 0 Å². The molecule has 0 bridgehead atoms. The fourth-order valence-corrected chi connectivity index (χ4v) is 5.49. The summed E-state index contributed by atoms with van der Waals surface area (Å²) in [7, 11) is 0. The molecular weight excluding hydrogens is 450 g/mol. The van der Waals surface area contributed by atoms with E-state index in [4.69, 9.17) is 13.1 Å². The summed E-state index contributed by atoms with van der Waals surface area (Å²) in [5.41, 5.74) is 7.22. The summed E-state index contributed by atoms with van der Waals surface area (Å²) in [5, 5.41) is 5.49. The number of rotatable bonds is 2. The Morgan fingerprint density at radius 3 is 1.73 bits per heavy atom. The first-order valence-electron chi connectivity index (χ1n) is 12.1. The molecule has 0 radical (unpaired) electrons. The van der Waals surface area contributed by atoms with Crippen molar-refractivity contribution in [3.63, 3.8) is 0 Å². The Morgan fingerprint density at radius 1 is 0.514 bits per heavy atom. The second kappa shape index (κ2) is 8.09. The lowest BCUT2D eigenvalue weighted by Gasteiger charge is -2.15. The van der Waals surface area contributed by atoms with Crippen LogP contribution >= 0.6 is 0 Å². The fraction of sp³-hybridized carbons (Fsp3) is 0. The van der Waals surface area contributed by atoms with Crippen LogP contribution in [0.5, 0.6) is 0 Å². The highest BCUT2D eigenvalue weighted by atomic mass is 14.9. The Morgan fingerprint density at radius 2 is 1.08 bits per heavy atom. The lowest BCUT2D eigenvalue weighted by Crippen LogP contribution is -1.94. The van der Waals surface area contributed by atoms with Gasteiger partial charge in [0, 0.05) is 16.5 Å². The molecule has 2 aromatic heterocycles. The minimum absolute atomic E-state index is 0.373. The summed E-state index contributed by atoms with van der Waals surface area (Å²) in [6.07, 6.45) is 0. The van der Waals surface area contributed by atoms with Gasteiger partial charge in [-0.05, 0) is 56.9 Å². The maximum Gasteiger partial charge on any atom is 0.196 e. The standard InChI is InChI=1S/C34H19N3/c1-35-30-19-28-27-17-24-15-9-10-16-25(24)18-29(27)34-26(22-11-5-3-6-12-22)20-32(23-13-7-4-8-14-23)37(34)33(28)21-31(30)36-2/h3-21H. The zero-order valence-electron chi connectivity index (χ0n) is 19.8. The molecule has 170 valence electrons. The SMILES string of the molecule is [C-]#[N+]c1cc2c3cc4ccccc4cc3c3c(-c4ccccc4)cc(-c4ccccc4)n3c2cc1[N+]#[C-]. The number of benzene rings is 5. The van der Waals surface area contributed by atoms with Crippen LogP contribution in [0.2, 0.25) is 0 Å². The zero-order valence-corrected chi connectivity index (χ0v) is 19.8. The molecule has 0 spiro atoms. The van der Waals surface area contributed by atoms with Crippen molar-refractivity contribution in [2.45, 2.75) is 0 Å². The molecule has 0 atom stereocenters. The van der Waals surface area contributed by atoms with Crippen LogP contribution in [-0.4, -0.2) is 4.40 Å². The lowest BCUT2D eigenvalue weighted by molar-refractivity contribution is 1.29. The van der Waals surface area contributed by atoms with Crippen molar-refractivity contribution in [3.8, 4) is 22.4 Å². The van der Waals surface area contributed by atoms with Gasteiger partial charge < -0.3 is 4.40 Å². The average molecular weight is 470 g/mol. The van der Waals surface area contributed by atoms with E-state index in [0.717, 1.165) is 55.0 Å². The van der Waals surface area contributed by atoms with Crippen molar-refractivity contribution < 1.29 is 0 Å². The van der Waals surface area contributed by atoms with Gasteiger partial charge >= 0.3 is 0 Å². The molecule has 7 rings (SSSR count). The van der Waals surface area contributed by atoms with E-state index in [0.29, 0.717) is 11.4 Å². The van der Waals surface area contributed by atoms with Crippen molar-refractivity contribution >= 4 is 49.3 Å². The molecule has 0 saturated heterocycles. The Balaban J connectivity index is 1.80. The highest BCUT2D eigenvalue weighted by molar-refractivity contribution is 6.21. The van der Waals surface area contributed by atoms with Crippen LogP contribution in [0, 0.1) is 13.1 Å². The van der Waals surface area contributed by atoms with Gasteiger partial charge in [0.1, 0.15) is 0 Å². The number of hydrogen-bond donors (Lipinski definition) is 0. The molecule has 2 heterocycles. The number of hydrogen-bond acceptors (Lipinski definition) is 0. The molecule has 0 aliphatic heterocycles. The Kier molecular flexibility index (Phi) is 4.58. The van der Waals surface area contributed by atoms with E-state index in [2.05, 4.69) is 105 Å². The first-order valence-corrected chi connectivity index (χ1v) is 12.1. The fourth-order valence-electron chi connectivity index (χ4n) is 5.49. The normalized spacial score (nSPS) is 11.2. The van der Waals surface area contributed by atoms with E-state index in [9.17, 15) is 0 Å². The Labute approximate surface area is 214 Å². The van der Waals surface area contributed by atoms with Crippen molar-refractivity contribution in [1.82, 2.24) is 4.40 Å². The highest BCUT2D eigenvalue weighted by Crippen LogP contribution is 2.44. The highest BCUT2D eigenvalue weighted by Gasteiger charge is 2.20. The van der Waals surface area contributed by atoms with Gasteiger partial charge in [0.15, 0.2) is 11.4 Å². The van der Waals surface area contributed by atoms with E-state index in [1.807, 2.05) is 24.3 Å². The summed E-state index contributed by atoms with van der Waals surface area (Å²) in [5.74, 6) is 0. The third kappa shape index (κ3) is 3.12. The summed E-state index contributed by atoms with van der Waals surface area (Å²) in [4.78, 5) is 7.42. The summed E-state index contributed by atoms with van der Waals surface area (Å²) >= 11 is 0. The topological polar surface area (TPSA) is 13.1 Å². The maximum absolute atomic E-state index is 7.77. The summed E-state index contributed by atoms with van der Waals surface area (Å²) < 4.78 is 2.28. The van der Waals surface area contributed by atoms with Crippen LogP contribution in [0.4, 0.5) is 11.4 Å². The molecule has 37 heavy (non-hydrogen) atoms. The maximum atomic E-state index is 7.77. The molecule has 0 N–H and O–H groups in total. The van der Waals surface area contributed by atoms with Crippen LogP contribution in [0.15, 0.2) is 115 Å². The zero-order chi connectivity index (χ0) is 24.9. The summed E-state index contributed by atoms with van der Waals surface area (Å²) in [6, 6.07) is 39.7. The smallest absolute Gasteiger partial charge is 0.196 e. The van der Waals surface area contributed by atoms with Gasteiger partial charge in [-0.1, -0.05) is 91.0 Å². The predicted octanol–water partition coefficient (Wildman–Crippen LogP) is 9.83. The van der Waals surface area contributed by atoms with Crippen LogP contribution < -0.4 is 0 Å². The number of pyridine rings is 1. The molecule has 0 saturated carbocycles. The molecule has 3 nitrogen and oxygen atoms in total. The first-order chi connectivity index (χ1) is 18.3. The molecule has 7 aromatic rings. The van der Waals surface area contributed by atoms with Crippen molar-refractivity contribution in [3.05, 3.63) is 138 Å². The molecule has 3 heteroatoms. The van der Waals surface area contributed by atoms with Crippen molar-refractivity contribution in [2.24, 2.45) is 0 Å². The van der Waals surface area contributed by atoms with E-state index in [-0.39, 0.29) is 0 Å². The number of nitrogens with zero attached hydrogens (tertiary/aromatic N) is 3. The van der Waals surface area contributed by atoms with Crippen LogP contribution in [0.25, 0.3) is 70.0 Å². The van der Waals surface area contributed by atoms with Gasteiger partial charge in [-0.15, -0.1) is 0 Å². The molecule has 0 aliphatic rings. The lowest BCUT2D eigenvalue weighted by atomic mass is 9.97. The average Bonchev–Trinajstić information content (AvgIpc) is 3.37. The molecular formula is C34H19N3. The second-order valence-corrected chi connectivity index (χ2v) is 9.19. The Bertz CT molecular complexity index is 2090. The minimum Gasteiger partial charge on any atom is -0.309 e. The molecule has 0 amide bonds.